The number of esters is 2. The van der Waals surface area contributed by atoms with Crippen LogP contribution in [0.4, 0.5) is 0 Å². The van der Waals surface area contributed by atoms with Crippen molar-refractivity contribution in [3.63, 3.8) is 0 Å². The lowest BCUT2D eigenvalue weighted by atomic mass is 10.0. The Balaban J connectivity index is 4.23. The first-order valence-electron chi connectivity index (χ1n) is 28.0. The third-order valence-electron chi connectivity index (χ3n) is 11.6. The molecule has 0 radical (unpaired) electrons. The Morgan fingerprint density at radius 2 is 0.814 bits per heavy atom. The van der Waals surface area contributed by atoms with Crippen LogP contribution in [0.15, 0.2) is 97.2 Å². The van der Waals surface area contributed by atoms with Gasteiger partial charge in [0.1, 0.15) is 19.8 Å². The van der Waals surface area contributed by atoms with Gasteiger partial charge >= 0.3 is 19.8 Å². The molecule has 0 bridgehead atoms. The molecule has 0 fully saturated rings. The number of hydrogen-bond acceptors (Lipinski definition) is 7. The summed E-state index contributed by atoms with van der Waals surface area (Å²) >= 11 is 0. The highest BCUT2D eigenvalue weighted by atomic mass is 31.2. The highest BCUT2D eigenvalue weighted by molar-refractivity contribution is 7.47. The number of carbonyl (C=O) groups is 2. The SMILES string of the molecule is CC/C=C\C/C=C\C/C=C\C/C=C\C/C=C\CCCCCCCCCCCCCC(=O)OC(COC(=O)CCCCCCCC/C=C\C/C=C\C/C=C\CCCCC)COP(=O)(O)OCC[N+](C)(C)C. The zero-order chi connectivity index (χ0) is 51.3. The van der Waals surface area contributed by atoms with Crippen LogP contribution in [-0.4, -0.2) is 74.9 Å². The number of allylic oxidation sites excluding steroid dienone is 16. The van der Waals surface area contributed by atoms with Gasteiger partial charge in [-0.25, -0.2) is 4.57 Å². The Hall–Kier alpha value is -3.07. The lowest BCUT2D eigenvalue weighted by Gasteiger charge is -2.24. The number of rotatable bonds is 50. The molecule has 0 saturated heterocycles. The van der Waals surface area contributed by atoms with Crippen LogP contribution < -0.4 is 0 Å². The summed E-state index contributed by atoms with van der Waals surface area (Å²) in [4.78, 5) is 35.7. The van der Waals surface area contributed by atoms with E-state index in [4.69, 9.17) is 18.5 Å². The molecule has 0 amide bonds. The van der Waals surface area contributed by atoms with Crippen LogP contribution >= 0.6 is 7.82 Å². The number of ether oxygens (including phenoxy) is 2. The molecule has 402 valence electrons. The van der Waals surface area contributed by atoms with Crippen LogP contribution in [0.3, 0.4) is 0 Å². The fourth-order valence-corrected chi connectivity index (χ4v) is 8.02. The molecule has 70 heavy (non-hydrogen) atoms. The number of carbonyl (C=O) groups excluding carboxylic acids is 2. The third kappa shape index (κ3) is 54.3. The van der Waals surface area contributed by atoms with Crippen LogP contribution in [-0.2, 0) is 32.7 Å². The minimum Gasteiger partial charge on any atom is -0.462 e. The number of quaternary nitrogens is 1. The summed E-state index contributed by atoms with van der Waals surface area (Å²) in [6, 6.07) is 0. The Labute approximate surface area is 430 Å². The molecule has 9 nitrogen and oxygen atoms in total. The monoisotopic (exact) mass is 999 g/mol. The van der Waals surface area contributed by atoms with E-state index in [1.54, 1.807) is 0 Å². The van der Waals surface area contributed by atoms with E-state index < -0.39 is 26.5 Å². The summed E-state index contributed by atoms with van der Waals surface area (Å²) in [7, 11) is 1.46. The predicted molar refractivity (Wildman–Crippen MR) is 298 cm³/mol. The number of unbranched alkanes of at least 4 members (excludes halogenated alkanes) is 20. The summed E-state index contributed by atoms with van der Waals surface area (Å²) in [6.45, 7) is 4.27. The predicted octanol–water partition coefficient (Wildman–Crippen LogP) is 17.3. The molecule has 0 aromatic carbocycles. The molecule has 0 aliphatic carbocycles. The maximum Gasteiger partial charge on any atom is 0.472 e. The quantitative estimate of drug-likeness (QED) is 0.0211. The zero-order valence-electron chi connectivity index (χ0n) is 45.5. The fourth-order valence-electron chi connectivity index (χ4n) is 7.28. The maximum absolute atomic E-state index is 12.8. The first kappa shape index (κ1) is 66.9. The summed E-state index contributed by atoms with van der Waals surface area (Å²) in [5.74, 6) is -0.819. The van der Waals surface area contributed by atoms with E-state index in [1.165, 1.54) is 83.5 Å². The summed E-state index contributed by atoms with van der Waals surface area (Å²) in [5, 5.41) is 0. The molecule has 0 aromatic heterocycles. The Kier molecular flexibility index (Phi) is 48.6. The van der Waals surface area contributed by atoms with Gasteiger partial charge in [-0.15, -0.1) is 0 Å². The molecule has 0 rings (SSSR count). The molecule has 0 heterocycles. The second kappa shape index (κ2) is 50.9. The fraction of sp³-hybridized carbons (Fsp3) is 0.700. The molecule has 0 aromatic rings. The largest absolute Gasteiger partial charge is 0.472 e. The highest BCUT2D eigenvalue weighted by Crippen LogP contribution is 2.43. The minimum atomic E-state index is -4.39. The molecule has 0 aliphatic heterocycles. The molecule has 2 unspecified atom stereocenters. The highest BCUT2D eigenvalue weighted by Gasteiger charge is 2.27. The third-order valence-corrected chi connectivity index (χ3v) is 12.6. The van der Waals surface area contributed by atoms with Gasteiger partial charge in [-0.1, -0.05) is 207 Å². The standard InChI is InChI=1S/C60H104NO8P/c1-6-8-10-12-14-16-18-20-22-24-26-27-28-29-30-31-32-33-35-37-39-41-43-45-47-49-51-53-60(63)69-58(57-68-70(64,65)67-55-54-61(3,4)5)56-66-59(62)52-50-48-46-44-42-40-38-36-34-25-23-21-19-17-15-13-11-9-7-2/h8,10,14-17,20-23,26-27,29-30,34,36,58H,6-7,9,11-13,18-19,24-25,28,31-33,35,37-57H2,1-5H3/p+1/b10-8-,16-14-,17-15-,22-20-,23-21-,27-26-,30-29-,36-34-. The van der Waals surface area contributed by atoms with Crippen molar-refractivity contribution in [3.8, 4) is 0 Å². The van der Waals surface area contributed by atoms with Crippen molar-refractivity contribution >= 4 is 19.8 Å². The van der Waals surface area contributed by atoms with Crippen molar-refractivity contribution in [1.82, 2.24) is 0 Å². The smallest absolute Gasteiger partial charge is 0.462 e. The van der Waals surface area contributed by atoms with Crippen molar-refractivity contribution in [2.75, 3.05) is 47.5 Å². The van der Waals surface area contributed by atoms with Crippen molar-refractivity contribution in [2.45, 2.75) is 225 Å². The second-order valence-corrected chi connectivity index (χ2v) is 21.0. The molecule has 0 aliphatic rings. The molecule has 0 spiro atoms. The van der Waals surface area contributed by atoms with Crippen molar-refractivity contribution in [2.24, 2.45) is 0 Å². The molecule has 1 N–H and O–H groups in total. The topological polar surface area (TPSA) is 108 Å². The maximum atomic E-state index is 12.8. The average molecular weight is 999 g/mol. The lowest BCUT2D eigenvalue weighted by molar-refractivity contribution is -0.870. The van der Waals surface area contributed by atoms with Crippen LogP contribution in [0.1, 0.15) is 219 Å². The molecule has 0 saturated carbocycles. The number of phosphoric ester groups is 1. The number of hydrogen-bond donors (Lipinski definition) is 1. The van der Waals surface area contributed by atoms with Crippen LogP contribution in [0, 0.1) is 0 Å². The van der Waals surface area contributed by atoms with Crippen molar-refractivity contribution in [3.05, 3.63) is 97.2 Å². The zero-order valence-corrected chi connectivity index (χ0v) is 46.4. The van der Waals surface area contributed by atoms with Gasteiger partial charge in [0.15, 0.2) is 6.10 Å². The van der Waals surface area contributed by atoms with Gasteiger partial charge < -0.3 is 18.9 Å². The van der Waals surface area contributed by atoms with Crippen molar-refractivity contribution in [1.29, 1.82) is 0 Å². The first-order chi connectivity index (χ1) is 34.0. The average Bonchev–Trinajstić information content (AvgIpc) is 3.32. The van der Waals surface area contributed by atoms with Gasteiger partial charge in [0, 0.05) is 12.8 Å². The second-order valence-electron chi connectivity index (χ2n) is 19.6. The van der Waals surface area contributed by atoms with Gasteiger partial charge in [-0.2, -0.15) is 0 Å². The lowest BCUT2D eigenvalue weighted by Crippen LogP contribution is -2.37. The van der Waals surface area contributed by atoms with E-state index in [-0.39, 0.29) is 32.0 Å². The van der Waals surface area contributed by atoms with E-state index in [1.807, 2.05) is 21.1 Å². The summed E-state index contributed by atoms with van der Waals surface area (Å²) in [6.07, 6.45) is 68.9. The van der Waals surface area contributed by atoms with Gasteiger partial charge in [-0.3, -0.25) is 18.6 Å². The molecule has 2 atom stereocenters. The van der Waals surface area contributed by atoms with Gasteiger partial charge in [0.2, 0.25) is 0 Å². The Bertz CT molecular complexity index is 1500. The minimum absolute atomic E-state index is 0.0241. The van der Waals surface area contributed by atoms with E-state index in [2.05, 4.69) is 111 Å². The Morgan fingerprint density at radius 3 is 1.21 bits per heavy atom. The molecule has 10 heteroatoms. The summed E-state index contributed by atoms with van der Waals surface area (Å²) < 4.78 is 34.5. The van der Waals surface area contributed by atoms with Gasteiger partial charge in [0.05, 0.1) is 27.7 Å². The van der Waals surface area contributed by atoms with E-state index in [0.717, 1.165) is 103 Å². The number of likely N-dealkylation sites (N-methyl/N-ethyl adjacent to an activating group) is 1. The van der Waals surface area contributed by atoms with E-state index >= 15 is 0 Å². The van der Waals surface area contributed by atoms with E-state index in [0.29, 0.717) is 17.4 Å². The van der Waals surface area contributed by atoms with Crippen LogP contribution in [0.25, 0.3) is 0 Å². The van der Waals surface area contributed by atoms with Gasteiger partial charge in [0.25, 0.3) is 0 Å². The van der Waals surface area contributed by atoms with Crippen LogP contribution in [0.5, 0.6) is 0 Å². The number of phosphoric acid groups is 1. The van der Waals surface area contributed by atoms with Crippen LogP contribution in [0.2, 0.25) is 0 Å². The van der Waals surface area contributed by atoms with Gasteiger partial charge in [-0.05, 0) is 96.3 Å². The summed E-state index contributed by atoms with van der Waals surface area (Å²) in [5.41, 5.74) is 0. The number of nitrogens with zero attached hydrogens (tertiary/aromatic N) is 1. The molecular formula is C60H105NO8P+. The normalized spacial score (nSPS) is 14.1. The first-order valence-corrected chi connectivity index (χ1v) is 29.5. The molecular weight excluding hydrogens is 894 g/mol. The Morgan fingerprint density at radius 1 is 0.457 bits per heavy atom. The van der Waals surface area contributed by atoms with Crippen molar-refractivity contribution < 1.29 is 42.1 Å². The van der Waals surface area contributed by atoms with E-state index in [9.17, 15) is 19.0 Å².